The fourth-order valence-corrected chi connectivity index (χ4v) is 4.99. The molecule has 37 heavy (non-hydrogen) atoms. The minimum Gasteiger partial charge on any atom is -0.481 e. The van der Waals surface area contributed by atoms with Gasteiger partial charge >= 0.3 is 11.9 Å². The van der Waals surface area contributed by atoms with Gasteiger partial charge in [-0.25, -0.2) is 4.79 Å². The molecule has 3 aromatic carbocycles. The lowest BCUT2D eigenvalue weighted by molar-refractivity contribution is -0.137. The van der Waals surface area contributed by atoms with Crippen molar-refractivity contribution in [1.29, 1.82) is 0 Å². The fourth-order valence-electron chi connectivity index (χ4n) is 4.99. The van der Waals surface area contributed by atoms with E-state index in [9.17, 15) is 9.59 Å². The molecule has 0 aliphatic rings. The van der Waals surface area contributed by atoms with Crippen LogP contribution in [0.15, 0.2) is 54.6 Å². The summed E-state index contributed by atoms with van der Waals surface area (Å²) in [7, 11) is 0. The van der Waals surface area contributed by atoms with Crippen molar-refractivity contribution in [1.82, 2.24) is 0 Å². The standard InChI is InChI=1S/C33H44O4/c34-32(35)20-14-12-10-8-6-4-2-1-3-5-7-9-11-13-17-23-37-33(36)30-22-21-29-24-27-18-15-16-19-28(27)25-31(29)26-30/h15-16,18-19,21-22,24-26H,1-14,17,20,23H2,(H,34,35). The molecule has 0 aromatic heterocycles. The molecule has 0 fully saturated rings. The Morgan fingerprint density at radius 1 is 0.541 bits per heavy atom. The number of hydrogen-bond acceptors (Lipinski definition) is 3. The second-order valence-electron chi connectivity index (χ2n) is 10.3. The largest absolute Gasteiger partial charge is 0.481 e. The van der Waals surface area contributed by atoms with E-state index in [2.05, 4.69) is 24.3 Å². The lowest BCUT2D eigenvalue weighted by Crippen LogP contribution is -2.06. The van der Waals surface area contributed by atoms with Gasteiger partial charge in [0, 0.05) is 6.42 Å². The average molecular weight is 505 g/mol. The number of hydrogen-bond donors (Lipinski definition) is 1. The second kappa shape index (κ2) is 16.8. The molecular formula is C33H44O4. The number of aliphatic carboxylic acids is 1. The Balaban J connectivity index is 1.15. The van der Waals surface area contributed by atoms with Crippen LogP contribution in [-0.4, -0.2) is 23.7 Å². The molecule has 200 valence electrons. The van der Waals surface area contributed by atoms with E-state index in [-0.39, 0.29) is 5.97 Å². The summed E-state index contributed by atoms with van der Waals surface area (Å²) >= 11 is 0. The number of carbonyl (C=O) groups excluding carboxylic acids is 1. The van der Waals surface area contributed by atoms with Crippen molar-refractivity contribution in [3.63, 3.8) is 0 Å². The number of esters is 1. The van der Waals surface area contributed by atoms with E-state index in [0.717, 1.165) is 36.5 Å². The van der Waals surface area contributed by atoms with Gasteiger partial charge in [-0.1, -0.05) is 114 Å². The Bertz CT molecular complexity index is 1100. The van der Waals surface area contributed by atoms with Gasteiger partial charge in [0.2, 0.25) is 0 Å². The third-order valence-electron chi connectivity index (χ3n) is 7.21. The highest BCUT2D eigenvalue weighted by molar-refractivity contribution is 6.01. The van der Waals surface area contributed by atoms with Crippen LogP contribution < -0.4 is 0 Å². The van der Waals surface area contributed by atoms with Gasteiger partial charge < -0.3 is 9.84 Å². The van der Waals surface area contributed by atoms with Gasteiger partial charge in [0.1, 0.15) is 0 Å². The van der Waals surface area contributed by atoms with Crippen LogP contribution in [0.1, 0.15) is 113 Å². The van der Waals surface area contributed by atoms with Crippen molar-refractivity contribution in [2.75, 3.05) is 6.61 Å². The Morgan fingerprint density at radius 2 is 1.00 bits per heavy atom. The summed E-state index contributed by atoms with van der Waals surface area (Å²) < 4.78 is 5.53. The van der Waals surface area contributed by atoms with Crippen LogP contribution in [0, 0.1) is 0 Å². The van der Waals surface area contributed by atoms with E-state index in [4.69, 9.17) is 9.84 Å². The maximum atomic E-state index is 12.5. The molecule has 0 heterocycles. The zero-order valence-corrected chi connectivity index (χ0v) is 22.4. The van der Waals surface area contributed by atoms with Gasteiger partial charge in [-0.3, -0.25) is 4.79 Å². The van der Waals surface area contributed by atoms with Gasteiger partial charge in [0.05, 0.1) is 12.2 Å². The van der Waals surface area contributed by atoms with Crippen molar-refractivity contribution >= 4 is 33.5 Å². The highest BCUT2D eigenvalue weighted by atomic mass is 16.5. The molecule has 4 heteroatoms. The first-order chi connectivity index (χ1) is 18.1. The van der Waals surface area contributed by atoms with Crippen LogP contribution in [0.3, 0.4) is 0 Å². The van der Waals surface area contributed by atoms with Crippen molar-refractivity contribution in [3.05, 3.63) is 60.2 Å². The lowest BCUT2D eigenvalue weighted by Gasteiger charge is -2.07. The van der Waals surface area contributed by atoms with E-state index >= 15 is 0 Å². The molecule has 0 bridgehead atoms. The number of fused-ring (bicyclic) bond motifs is 2. The molecule has 0 spiro atoms. The number of carboxylic acids is 1. The molecular weight excluding hydrogens is 460 g/mol. The summed E-state index contributed by atoms with van der Waals surface area (Å²) in [6.45, 7) is 0.494. The Morgan fingerprint density at radius 3 is 1.54 bits per heavy atom. The van der Waals surface area contributed by atoms with Crippen molar-refractivity contribution in [2.24, 2.45) is 0 Å². The third kappa shape index (κ3) is 11.0. The molecule has 3 aromatic rings. The van der Waals surface area contributed by atoms with E-state index in [0.29, 0.717) is 18.6 Å². The second-order valence-corrected chi connectivity index (χ2v) is 10.3. The number of carboxylic acid groups (broad SMARTS) is 1. The topological polar surface area (TPSA) is 63.6 Å². The summed E-state index contributed by atoms with van der Waals surface area (Å²) in [6.07, 6.45) is 18.3. The molecule has 1 N–H and O–H groups in total. The average Bonchev–Trinajstić information content (AvgIpc) is 2.90. The van der Waals surface area contributed by atoms with Crippen LogP contribution in [-0.2, 0) is 9.53 Å². The van der Waals surface area contributed by atoms with Crippen LogP contribution in [0.4, 0.5) is 0 Å². The number of carbonyl (C=O) groups is 2. The molecule has 0 amide bonds. The number of benzene rings is 3. The van der Waals surface area contributed by atoms with Gasteiger partial charge in [-0.05, 0) is 58.7 Å². The summed E-state index contributed by atoms with van der Waals surface area (Å²) in [5, 5.41) is 13.2. The number of ether oxygens (including phenoxy) is 1. The zero-order valence-electron chi connectivity index (χ0n) is 22.4. The van der Waals surface area contributed by atoms with Crippen LogP contribution in [0.5, 0.6) is 0 Å². The highest BCUT2D eigenvalue weighted by Crippen LogP contribution is 2.24. The number of rotatable bonds is 19. The maximum absolute atomic E-state index is 12.5. The lowest BCUT2D eigenvalue weighted by atomic mass is 10.0. The monoisotopic (exact) mass is 504 g/mol. The molecule has 0 saturated carbocycles. The first-order valence-corrected chi connectivity index (χ1v) is 14.4. The van der Waals surface area contributed by atoms with Crippen molar-refractivity contribution in [3.8, 4) is 0 Å². The minimum absolute atomic E-state index is 0.228. The van der Waals surface area contributed by atoms with Crippen LogP contribution in [0.25, 0.3) is 21.5 Å². The van der Waals surface area contributed by atoms with Gasteiger partial charge in [-0.2, -0.15) is 0 Å². The molecule has 0 aliphatic heterocycles. The van der Waals surface area contributed by atoms with Crippen molar-refractivity contribution < 1.29 is 19.4 Å². The summed E-state index contributed by atoms with van der Waals surface area (Å²) in [5.74, 6) is -0.902. The predicted molar refractivity (Wildman–Crippen MR) is 153 cm³/mol. The van der Waals surface area contributed by atoms with Crippen LogP contribution >= 0.6 is 0 Å². The normalized spacial score (nSPS) is 11.2. The predicted octanol–water partition coefficient (Wildman–Crippen LogP) is 9.48. The van der Waals surface area contributed by atoms with Gasteiger partial charge in [0.25, 0.3) is 0 Å². The highest BCUT2D eigenvalue weighted by Gasteiger charge is 2.08. The number of unbranched alkanes of at least 4 members (excludes halogenated alkanes) is 14. The summed E-state index contributed by atoms with van der Waals surface area (Å²) in [5.41, 5.74) is 0.624. The SMILES string of the molecule is O=C(O)CCCCCCCCCCCCCCCCCOC(=O)c1ccc2cc3ccccc3cc2c1. The summed E-state index contributed by atoms with van der Waals surface area (Å²) in [6, 6.07) is 18.4. The fraction of sp³-hybridized carbons (Fsp3) is 0.515. The third-order valence-corrected chi connectivity index (χ3v) is 7.21. The first-order valence-electron chi connectivity index (χ1n) is 14.4. The maximum Gasteiger partial charge on any atom is 0.338 e. The van der Waals surface area contributed by atoms with E-state index < -0.39 is 5.97 Å². The first kappa shape index (κ1) is 28.7. The summed E-state index contributed by atoms with van der Waals surface area (Å²) in [4.78, 5) is 23.0. The van der Waals surface area contributed by atoms with E-state index in [1.54, 1.807) is 0 Å². The molecule has 0 saturated heterocycles. The van der Waals surface area contributed by atoms with Crippen molar-refractivity contribution in [2.45, 2.75) is 103 Å². The molecule has 0 unspecified atom stereocenters. The Kier molecular flexibility index (Phi) is 13.0. The van der Waals surface area contributed by atoms with Gasteiger partial charge in [0.15, 0.2) is 0 Å². The minimum atomic E-state index is -0.674. The molecule has 4 nitrogen and oxygen atoms in total. The van der Waals surface area contributed by atoms with Gasteiger partial charge in [-0.15, -0.1) is 0 Å². The quantitative estimate of drug-likeness (QED) is 0.100. The molecule has 0 radical (unpaired) electrons. The van der Waals surface area contributed by atoms with E-state index in [1.807, 2.05) is 30.3 Å². The molecule has 3 rings (SSSR count). The molecule has 0 atom stereocenters. The van der Waals surface area contributed by atoms with E-state index in [1.165, 1.54) is 81.4 Å². The Labute approximate surface area is 222 Å². The zero-order chi connectivity index (χ0) is 26.1. The van der Waals surface area contributed by atoms with Crippen LogP contribution in [0.2, 0.25) is 0 Å². The smallest absolute Gasteiger partial charge is 0.338 e. The Hall–Kier alpha value is -2.88. The molecule has 0 aliphatic carbocycles.